The van der Waals surface area contributed by atoms with Crippen molar-refractivity contribution in [3.63, 3.8) is 0 Å². The Morgan fingerprint density at radius 3 is 2.65 bits per heavy atom. The first-order chi connectivity index (χ1) is 11.1. The minimum absolute atomic E-state index is 0.0149. The van der Waals surface area contributed by atoms with Gasteiger partial charge in [0.25, 0.3) is 0 Å². The molecule has 0 radical (unpaired) electrons. The molecule has 0 N–H and O–H groups in total. The minimum atomic E-state index is -0.474. The van der Waals surface area contributed by atoms with Crippen LogP contribution in [0.3, 0.4) is 0 Å². The lowest BCUT2D eigenvalue weighted by molar-refractivity contribution is 0.290. The van der Waals surface area contributed by atoms with Crippen molar-refractivity contribution in [1.29, 1.82) is 0 Å². The van der Waals surface area contributed by atoms with Crippen LogP contribution in [0, 0.1) is 5.82 Å². The zero-order chi connectivity index (χ0) is 16.4. The third kappa shape index (κ3) is 2.95. The fourth-order valence-corrected chi connectivity index (χ4v) is 2.29. The summed E-state index contributed by atoms with van der Waals surface area (Å²) in [5, 5.41) is 7.84. The van der Waals surface area contributed by atoms with Crippen LogP contribution >= 0.6 is 11.6 Å². The number of para-hydroxylation sites is 1. The molecule has 1 heterocycles. The second kappa shape index (κ2) is 6.21. The molecule has 0 bridgehead atoms. The molecule has 1 aromatic heterocycles. The fourth-order valence-electron chi connectivity index (χ4n) is 2.07. The Bertz CT molecular complexity index is 906. The zero-order valence-corrected chi connectivity index (χ0v) is 12.9. The number of hydrogen-bond acceptors (Lipinski definition) is 4. The Morgan fingerprint density at radius 1 is 1.17 bits per heavy atom. The maximum atomic E-state index is 13.6. The Hall–Kier alpha value is -2.67. The van der Waals surface area contributed by atoms with Gasteiger partial charge in [0.05, 0.1) is 5.69 Å². The summed E-state index contributed by atoms with van der Waals surface area (Å²) in [6.45, 7) is -0.0149. The highest BCUT2D eigenvalue weighted by Gasteiger charge is 2.15. The van der Waals surface area contributed by atoms with Crippen LogP contribution in [0.2, 0.25) is 5.02 Å². The van der Waals surface area contributed by atoms with Gasteiger partial charge in [0.1, 0.15) is 6.61 Å². The van der Waals surface area contributed by atoms with Crippen LogP contribution in [0.1, 0.15) is 5.56 Å². The SMILES string of the molecule is Cn1nnn(-c2cccc(Cl)c2COc2ccccc2F)c1=O. The number of aryl methyl sites for hydroxylation is 1. The fraction of sp³-hybridized carbons (Fsp3) is 0.133. The van der Waals surface area contributed by atoms with E-state index in [2.05, 4.69) is 10.4 Å². The number of tetrazole rings is 1. The van der Waals surface area contributed by atoms with Crippen molar-refractivity contribution < 1.29 is 9.13 Å². The highest BCUT2D eigenvalue weighted by Crippen LogP contribution is 2.25. The van der Waals surface area contributed by atoms with E-state index >= 15 is 0 Å². The van der Waals surface area contributed by atoms with E-state index in [1.807, 2.05) is 0 Å². The molecule has 0 atom stereocenters. The van der Waals surface area contributed by atoms with Crippen LogP contribution in [0.4, 0.5) is 4.39 Å². The number of halogens is 2. The molecule has 0 amide bonds. The number of rotatable bonds is 4. The first kappa shape index (κ1) is 15.2. The van der Waals surface area contributed by atoms with E-state index in [4.69, 9.17) is 16.3 Å². The summed E-state index contributed by atoms with van der Waals surface area (Å²) in [5.41, 5.74) is 0.534. The molecular weight excluding hydrogens is 323 g/mol. The molecular formula is C15H12ClFN4O2. The summed E-state index contributed by atoms with van der Waals surface area (Å²) in [7, 11) is 1.49. The highest BCUT2D eigenvalue weighted by atomic mass is 35.5. The molecule has 0 spiro atoms. The van der Waals surface area contributed by atoms with Gasteiger partial charge in [-0.15, -0.1) is 0 Å². The Kier molecular flexibility index (Phi) is 4.12. The van der Waals surface area contributed by atoms with E-state index in [9.17, 15) is 9.18 Å². The summed E-state index contributed by atoms with van der Waals surface area (Å²) in [6.07, 6.45) is 0. The predicted molar refractivity (Wildman–Crippen MR) is 82.3 cm³/mol. The molecule has 0 fully saturated rings. The lowest BCUT2D eigenvalue weighted by Crippen LogP contribution is -2.23. The molecule has 0 aliphatic rings. The quantitative estimate of drug-likeness (QED) is 0.734. The lowest BCUT2D eigenvalue weighted by atomic mass is 10.2. The van der Waals surface area contributed by atoms with Gasteiger partial charge < -0.3 is 4.74 Å². The lowest BCUT2D eigenvalue weighted by Gasteiger charge is -2.12. The van der Waals surface area contributed by atoms with Crippen molar-refractivity contribution in [2.24, 2.45) is 7.05 Å². The van der Waals surface area contributed by atoms with Gasteiger partial charge in [0.15, 0.2) is 11.6 Å². The molecule has 0 aliphatic carbocycles. The molecule has 23 heavy (non-hydrogen) atoms. The summed E-state index contributed by atoms with van der Waals surface area (Å²) >= 11 is 6.20. The summed E-state index contributed by atoms with van der Waals surface area (Å²) in [5.74, 6) is -0.373. The van der Waals surface area contributed by atoms with Crippen molar-refractivity contribution in [3.8, 4) is 11.4 Å². The Morgan fingerprint density at radius 2 is 1.96 bits per heavy atom. The number of aromatic nitrogens is 4. The number of ether oxygens (including phenoxy) is 1. The van der Waals surface area contributed by atoms with Crippen LogP contribution in [-0.2, 0) is 13.7 Å². The number of benzene rings is 2. The van der Waals surface area contributed by atoms with Crippen molar-refractivity contribution in [3.05, 3.63) is 69.4 Å². The molecule has 3 rings (SSSR count). The molecule has 0 saturated carbocycles. The molecule has 8 heteroatoms. The van der Waals surface area contributed by atoms with Crippen molar-refractivity contribution in [1.82, 2.24) is 19.8 Å². The molecule has 3 aromatic rings. The molecule has 118 valence electrons. The average Bonchev–Trinajstić information content (AvgIpc) is 2.87. The first-order valence-corrected chi connectivity index (χ1v) is 7.10. The van der Waals surface area contributed by atoms with Gasteiger partial charge in [-0.3, -0.25) is 0 Å². The molecule has 6 nitrogen and oxygen atoms in total. The van der Waals surface area contributed by atoms with Gasteiger partial charge >= 0.3 is 5.69 Å². The Balaban J connectivity index is 1.98. The largest absolute Gasteiger partial charge is 0.486 e. The van der Waals surface area contributed by atoms with Crippen molar-refractivity contribution in [2.45, 2.75) is 6.61 Å². The van der Waals surface area contributed by atoms with Crippen molar-refractivity contribution in [2.75, 3.05) is 0 Å². The van der Waals surface area contributed by atoms with Gasteiger partial charge in [0.2, 0.25) is 0 Å². The standard InChI is InChI=1S/C15H12ClFN4O2/c1-20-15(22)21(19-18-20)13-7-4-5-11(16)10(13)9-23-14-8-3-2-6-12(14)17/h2-8H,9H2,1H3. The summed E-state index contributed by atoms with van der Waals surface area (Å²) < 4.78 is 21.3. The molecule has 0 saturated heterocycles. The predicted octanol–water partition coefficient (Wildman–Crippen LogP) is 2.34. The number of hydrogen-bond donors (Lipinski definition) is 0. The zero-order valence-electron chi connectivity index (χ0n) is 12.1. The summed E-state index contributed by atoms with van der Waals surface area (Å²) in [6, 6.07) is 11.1. The van der Waals surface area contributed by atoms with E-state index in [-0.39, 0.29) is 12.4 Å². The van der Waals surface area contributed by atoms with Crippen LogP contribution in [0.15, 0.2) is 47.3 Å². The normalized spacial score (nSPS) is 10.7. The monoisotopic (exact) mass is 334 g/mol. The second-order valence-corrected chi connectivity index (χ2v) is 5.16. The van der Waals surface area contributed by atoms with E-state index in [1.165, 1.54) is 19.2 Å². The Labute approximate surface area is 135 Å². The third-order valence-electron chi connectivity index (χ3n) is 3.25. The van der Waals surface area contributed by atoms with Crippen LogP contribution in [0.5, 0.6) is 5.75 Å². The van der Waals surface area contributed by atoms with Gasteiger partial charge in [-0.2, -0.15) is 9.36 Å². The van der Waals surface area contributed by atoms with Crippen molar-refractivity contribution >= 4 is 11.6 Å². The smallest absolute Gasteiger partial charge is 0.368 e. The van der Waals surface area contributed by atoms with E-state index in [0.717, 1.165) is 9.36 Å². The van der Waals surface area contributed by atoms with E-state index in [0.29, 0.717) is 16.3 Å². The summed E-state index contributed by atoms with van der Waals surface area (Å²) in [4.78, 5) is 12.0. The van der Waals surface area contributed by atoms with Gasteiger partial charge in [-0.05, 0) is 34.7 Å². The van der Waals surface area contributed by atoms with Crippen LogP contribution in [-0.4, -0.2) is 19.8 Å². The van der Waals surface area contributed by atoms with E-state index < -0.39 is 11.5 Å². The topological polar surface area (TPSA) is 61.9 Å². The average molecular weight is 335 g/mol. The highest BCUT2D eigenvalue weighted by molar-refractivity contribution is 6.31. The van der Waals surface area contributed by atoms with Gasteiger partial charge in [0, 0.05) is 17.6 Å². The molecule has 0 unspecified atom stereocenters. The minimum Gasteiger partial charge on any atom is -0.486 e. The van der Waals surface area contributed by atoms with Gasteiger partial charge in [-0.1, -0.05) is 29.8 Å². The maximum Gasteiger partial charge on any atom is 0.368 e. The third-order valence-corrected chi connectivity index (χ3v) is 3.61. The maximum absolute atomic E-state index is 13.6. The molecule has 2 aromatic carbocycles. The molecule has 0 aliphatic heterocycles. The first-order valence-electron chi connectivity index (χ1n) is 6.72. The second-order valence-electron chi connectivity index (χ2n) is 4.75. The number of nitrogens with zero attached hydrogens (tertiary/aromatic N) is 4. The van der Waals surface area contributed by atoms with Crippen LogP contribution < -0.4 is 10.4 Å². The van der Waals surface area contributed by atoms with E-state index in [1.54, 1.807) is 30.3 Å². The van der Waals surface area contributed by atoms with Gasteiger partial charge in [-0.25, -0.2) is 9.18 Å². The van der Waals surface area contributed by atoms with Crippen LogP contribution in [0.25, 0.3) is 5.69 Å².